The maximum absolute atomic E-state index is 12.8. The minimum absolute atomic E-state index is 0.0112. The maximum atomic E-state index is 12.8. The van der Waals surface area contributed by atoms with Crippen LogP contribution in [-0.4, -0.2) is 59.8 Å². The van der Waals surface area contributed by atoms with Crippen molar-refractivity contribution in [3.05, 3.63) is 24.3 Å². The van der Waals surface area contributed by atoms with Crippen molar-refractivity contribution in [2.45, 2.75) is 38.8 Å². The number of nitrogens with zero attached hydrogens (tertiary/aromatic N) is 4. The number of imidazole rings is 1. The third kappa shape index (κ3) is 2.98. The molecule has 3 rings (SSSR count). The van der Waals surface area contributed by atoms with E-state index < -0.39 is 0 Å². The first-order valence-corrected chi connectivity index (χ1v) is 8.72. The number of rotatable bonds is 5. The Morgan fingerprint density at radius 1 is 1.33 bits per heavy atom. The number of amides is 1. The molecule has 6 nitrogen and oxygen atoms in total. The molecular formula is C18H27N5O. The maximum Gasteiger partial charge on any atom is 0.331 e. The van der Waals surface area contributed by atoms with Gasteiger partial charge in [-0.15, -0.1) is 0 Å². The van der Waals surface area contributed by atoms with E-state index in [0.29, 0.717) is 12.6 Å². The summed E-state index contributed by atoms with van der Waals surface area (Å²) in [5.41, 5.74) is 1.73. The van der Waals surface area contributed by atoms with Crippen LogP contribution in [0.2, 0.25) is 0 Å². The normalized spacial score (nSPS) is 19.5. The van der Waals surface area contributed by atoms with E-state index in [-0.39, 0.29) is 12.1 Å². The molecule has 1 N–H and O–H groups in total. The Bertz CT molecular complexity index is 725. The predicted molar refractivity (Wildman–Crippen MR) is 97.7 cm³/mol. The number of carbonyl (C=O) groups is 1. The number of likely N-dealkylation sites (N-methyl/N-ethyl adjacent to an activating group) is 2. The van der Waals surface area contributed by atoms with E-state index in [1.165, 1.54) is 0 Å². The first-order chi connectivity index (χ1) is 11.5. The van der Waals surface area contributed by atoms with Gasteiger partial charge in [-0.25, -0.2) is 14.3 Å². The van der Waals surface area contributed by atoms with Crippen LogP contribution < -0.4 is 10.2 Å². The van der Waals surface area contributed by atoms with Gasteiger partial charge in [0.15, 0.2) is 0 Å². The third-order valence-electron chi connectivity index (χ3n) is 4.99. The molecule has 6 heteroatoms. The number of nitrogens with one attached hydrogen (secondary N) is 1. The second kappa shape index (κ2) is 6.81. The summed E-state index contributed by atoms with van der Waals surface area (Å²) in [7, 11) is 3.91. The van der Waals surface area contributed by atoms with Gasteiger partial charge in [0.1, 0.15) is 0 Å². The average Bonchev–Trinajstić information content (AvgIpc) is 2.94. The monoisotopic (exact) mass is 329 g/mol. The fourth-order valence-electron chi connectivity index (χ4n) is 3.21. The van der Waals surface area contributed by atoms with E-state index >= 15 is 0 Å². The van der Waals surface area contributed by atoms with Crippen molar-refractivity contribution in [3.63, 3.8) is 0 Å². The molecule has 24 heavy (non-hydrogen) atoms. The minimum atomic E-state index is -0.0112. The van der Waals surface area contributed by atoms with Crippen molar-refractivity contribution in [2.75, 3.05) is 32.1 Å². The largest absolute Gasteiger partial charge is 0.340 e. The van der Waals surface area contributed by atoms with E-state index in [1.807, 2.05) is 38.4 Å². The fraction of sp³-hybridized carbons (Fsp3) is 0.556. The van der Waals surface area contributed by atoms with E-state index in [1.54, 1.807) is 9.47 Å². The highest BCUT2D eigenvalue weighted by Gasteiger charge is 2.31. The smallest absolute Gasteiger partial charge is 0.331 e. The molecule has 2 unspecified atom stereocenters. The standard InChI is InChI=1S/C18H27N5O/c1-5-13(2)19-11-10-14-12-21(3)18(24)23-16-9-7-6-8-15(16)20-17(23)22(14)4/h6-9,13-14,19H,5,10-12H2,1-4H3. The van der Waals surface area contributed by atoms with Gasteiger partial charge in [-0.05, 0) is 38.4 Å². The summed E-state index contributed by atoms with van der Waals surface area (Å²) in [5.74, 6) is 0.735. The number of benzene rings is 1. The van der Waals surface area contributed by atoms with Gasteiger partial charge in [0, 0.05) is 26.7 Å². The van der Waals surface area contributed by atoms with Crippen LogP contribution in [0.1, 0.15) is 26.7 Å². The molecule has 0 radical (unpaired) electrons. The molecule has 2 aromatic rings. The summed E-state index contributed by atoms with van der Waals surface area (Å²) in [5, 5.41) is 3.54. The number of fused-ring (bicyclic) bond motifs is 3. The van der Waals surface area contributed by atoms with Gasteiger partial charge in [-0.2, -0.15) is 0 Å². The number of hydrogen-bond acceptors (Lipinski definition) is 4. The van der Waals surface area contributed by atoms with E-state index in [2.05, 4.69) is 24.1 Å². The molecule has 0 fully saturated rings. The van der Waals surface area contributed by atoms with E-state index in [0.717, 1.165) is 36.4 Å². The summed E-state index contributed by atoms with van der Waals surface area (Å²) < 4.78 is 1.73. The van der Waals surface area contributed by atoms with Crippen molar-refractivity contribution in [3.8, 4) is 0 Å². The van der Waals surface area contributed by atoms with Crippen molar-refractivity contribution >= 4 is 23.0 Å². The van der Waals surface area contributed by atoms with Gasteiger partial charge in [0.25, 0.3) is 0 Å². The first-order valence-electron chi connectivity index (χ1n) is 8.72. The average molecular weight is 329 g/mol. The molecule has 130 valence electrons. The lowest BCUT2D eigenvalue weighted by atomic mass is 10.1. The SMILES string of the molecule is CCC(C)NCCC1CN(C)C(=O)n2c(nc3ccccc32)N1C. The van der Waals surface area contributed by atoms with Gasteiger partial charge in [0.2, 0.25) is 5.95 Å². The summed E-state index contributed by atoms with van der Waals surface area (Å²) in [6.45, 7) is 6.03. The van der Waals surface area contributed by atoms with Crippen LogP contribution in [0.5, 0.6) is 0 Å². The Kier molecular flexibility index (Phi) is 4.76. The van der Waals surface area contributed by atoms with Crippen LogP contribution >= 0.6 is 0 Å². The number of aromatic nitrogens is 2. The third-order valence-corrected chi connectivity index (χ3v) is 4.99. The van der Waals surface area contributed by atoms with Crippen LogP contribution in [0.15, 0.2) is 24.3 Å². The molecule has 0 aliphatic carbocycles. The number of hydrogen-bond donors (Lipinski definition) is 1. The molecule has 1 aromatic carbocycles. The molecule has 1 aliphatic rings. The predicted octanol–water partition coefficient (Wildman–Crippen LogP) is 2.53. The zero-order chi connectivity index (χ0) is 17.3. The highest BCUT2D eigenvalue weighted by Crippen LogP contribution is 2.27. The molecule has 0 saturated carbocycles. The van der Waals surface area contributed by atoms with Crippen molar-refractivity contribution in [1.82, 2.24) is 19.8 Å². The Morgan fingerprint density at radius 2 is 2.08 bits per heavy atom. The zero-order valence-corrected chi connectivity index (χ0v) is 15.0. The summed E-state index contributed by atoms with van der Waals surface area (Å²) in [4.78, 5) is 21.5. The van der Waals surface area contributed by atoms with E-state index in [9.17, 15) is 4.79 Å². The van der Waals surface area contributed by atoms with Gasteiger partial charge in [-0.3, -0.25) is 0 Å². The Morgan fingerprint density at radius 3 is 2.83 bits per heavy atom. The zero-order valence-electron chi connectivity index (χ0n) is 15.0. The summed E-state index contributed by atoms with van der Waals surface area (Å²) >= 11 is 0. The van der Waals surface area contributed by atoms with Crippen LogP contribution in [-0.2, 0) is 0 Å². The second-order valence-electron chi connectivity index (χ2n) is 6.72. The topological polar surface area (TPSA) is 53.4 Å². The molecule has 0 saturated heterocycles. The molecule has 2 heterocycles. The molecule has 0 spiro atoms. The summed E-state index contributed by atoms with van der Waals surface area (Å²) in [6, 6.07) is 8.56. The molecule has 1 amide bonds. The van der Waals surface area contributed by atoms with Crippen molar-refractivity contribution in [1.29, 1.82) is 0 Å². The highest BCUT2D eigenvalue weighted by atomic mass is 16.2. The second-order valence-corrected chi connectivity index (χ2v) is 6.72. The first kappa shape index (κ1) is 16.8. The molecule has 1 aliphatic heterocycles. The molecule has 1 aromatic heterocycles. The lowest BCUT2D eigenvalue weighted by Gasteiger charge is -2.28. The van der Waals surface area contributed by atoms with Crippen molar-refractivity contribution in [2.24, 2.45) is 0 Å². The highest BCUT2D eigenvalue weighted by molar-refractivity contribution is 5.93. The van der Waals surface area contributed by atoms with Crippen LogP contribution in [0.4, 0.5) is 10.7 Å². The summed E-state index contributed by atoms with van der Waals surface area (Å²) in [6.07, 6.45) is 2.09. The molecule has 2 atom stereocenters. The Labute approximate surface area is 143 Å². The van der Waals surface area contributed by atoms with Crippen LogP contribution in [0.25, 0.3) is 11.0 Å². The Balaban J connectivity index is 1.89. The van der Waals surface area contributed by atoms with Crippen LogP contribution in [0, 0.1) is 0 Å². The molecule has 0 bridgehead atoms. The number of anilines is 1. The van der Waals surface area contributed by atoms with E-state index in [4.69, 9.17) is 4.98 Å². The lowest BCUT2D eigenvalue weighted by molar-refractivity contribution is 0.211. The number of carbonyl (C=O) groups excluding carboxylic acids is 1. The van der Waals surface area contributed by atoms with Crippen molar-refractivity contribution < 1.29 is 4.79 Å². The van der Waals surface area contributed by atoms with Gasteiger partial charge < -0.3 is 15.1 Å². The van der Waals surface area contributed by atoms with Gasteiger partial charge in [-0.1, -0.05) is 19.1 Å². The lowest BCUT2D eigenvalue weighted by Crippen LogP contribution is -2.42. The fourth-order valence-corrected chi connectivity index (χ4v) is 3.21. The number of para-hydroxylation sites is 2. The molecular weight excluding hydrogens is 302 g/mol. The van der Waals surface area contributed by atoms with Crippen LogP contribution in [0.3, 0.4) is 0 Å². The van der Waals surface area contributed by atoms with Gasteiger partial charge >= 0.3 is 6.03 Å². The quantitative estimate of drug-likeness (QED) is 0.916. The minimum Gasteiger partial charge on any atom is -0.340 e. The van der Waals surface area contributed by atoms with Gasteiger partial charge in [0.05, 0.1) is 17.1 Å². The Hall–Kier alpha value is -2.08.